The molecule has 0 saturated heterocycles. The van der Waals surface area contributed by atoms with Gasteiger partial charge in [-0.15, -0.1) is 0 Å². The highest BCUT2D eigenvalue weighted by Gasteiger charge is 2.13. The van der Waals surface area contributed by atoms with E-state index in [1.165, 1.54) is 24.3 Å². The molecule has 4 nitrogen and oxygen atoms in total. The third-order valence-electron chi connectivity index (χ3n) is 2.63. The predicted octanol–water partition coefficient (Wildman–Crippen LogP) is 2.68. The van der Waals surface area contributed by atoms with Crippen molar-refractivity contribution in [1.82, 2.24) is 0 Å². The number of halogens is 2. The summed E-state index contributed by atoms with van der Waals surface area (Å²) in [5, 5.41) is 11.2. The molecule has 0 aliphatic carbocycles. The highest BCUT2D eigenvalue weighted by Crippen LogP contribution is 2.24. The Morgan fingerprint density at radius 3 is 2.60 bits per heavy atom. The van der Waals surface area contributed by atoms with Crippen molar-refractivity contribution in [3.05, 3.63) is 59.2 Å². The largest absolute Gasteiger partial charge is 0.366 e. The van der Waals surface area contributed by atoms with E-state index in [4.69, 9.17) is 11.0 Å². The van der Waals surface area contributed by atoms with Crippen LogP contribution in [0.2, 0.25) is 0 Å². The minimum atomic E-state index is -1.22. The van der Waals surface area contributed by atoms with E-state index >= 15 is 0 Å². The summed E-state index contributed by atoms with van der Waals surface area (Å²) in [4.78, 5) is 11.0. The van der Waals surface area contributed by atoms with Gasteiger partial charge in [0.25, 0.3) is 0 Å². The van der Waals surface area contributed by atoms with E-state index in [9.17, 15) is 13.6 Å². The molecule has 0 unspecified atom stereocenters. The summed E-state index contributed by atoms with van der Waals surface area (Å²) >= 11 is 0. The number of carbonyl (C=O) groups is 1. The Morgan fingerprint density at radius 1 is 1.20 bits per heavy atom. The minimum Gasteiger partial charge on any atom is -0.366 e. The van der Waals surface area contributed by atoms with Gasteiger partial charge in [-0.05, 0) is 30.3 Å². The molecule has 0 fully saturated rings. The van der Waals surface area contributed by atoms with E-state index in [1.807, 2.05) is 0 Å². The van der Waals surface area contributed by atoms with Crippen molar-refractivity contribution >= 4 is 17.3 Å². The third-order valence-corrected chi connectivity index (χ3v) is 2.63. The van der Waals surface area contributed by atoms with Gasteiger partial charge in [0.2, 0.25) is 5.91 Å². The van der Waals surface area contributed by atoms with Gasteiger partial charge < -0.3 is 11.1 Å². The van der Waals surface area contributed by atoms with Crippen LogP contribution in [0.5, 0.6) is 0 Å². The number of amides is 1. The molecule has 0 aromatic heterocycles. The topological polar surface area (TPSA) is 78.9 Å². The molecule has 2 aromatic carbocycles. The van der Waals surface area contributed by atoms with E-state index in [0.717, 1.165) is 0 Å². The summed E-state index contributed by atoms with van der Waals surface area (Å²) < 4.78 is 27.2. The average Bonchev–Trinajstić information content (AvgIpc) is 2.44. The van der Waals surface area contributed by atoms with Crippen molar-refractivity contribution in [3.63, 3.8) is 0 Å². The van der Waals surface area contributed by atoms with Crippen molar-refractivity contribution in [1.29, 1.82) is 5.26 Å². The quantitative estimate of drug-likeness (QED) is 0.902. The lowest BCUT2D eigenvalue weighted by Crippen LogP contribution is -2.11. The van der Waals surface area contributed by atoms with Gasteiger partial charge in [0.05, 0.1) is 11.3 Å². The molecule has 0 aliphatic rings. The Bertz CT molecular complexity index is 723. The summed E-state index contributed by atoms with van der Waals surface area (Å²) in [6, 6.07) is 10.0. The molecule has 20 heavy (non-hydrogen) atoms. The number of nitriles is 1. The molecule has 3 N–H and O–H groups in total. The van der Waals surface area contributed by atoms with Crippen LogP contribution in [0.3, 0.4) is 0 Å². The number of rotatable bonds is 3. The number of nitrogens with one attached hydrogen (secondary N) is 1. The number of anilines is 2. The van der Waals surface area contributed by atoms with Gasteiger partial charge in [0.15, 0.2) is 11.6 Å². The van der Waals surface area contributed by atoms with Crippen molar-refractivity contribution in [3.8, 4) is 6.07 Å². The number of carbonyl (C=O) groups excluding carboxylic acids is 1. The van der Waals surface area contributed by atoms with Crippen LogP contribution in [0.1, 0.15) is 15.9 Å². The first kappa shape index (κ1) is 13.5. The van der Waals surface area contributed by atoms with Gasteiger partial charge in [-0.2, -0.15) is 5.26 Å². The smallest absolute Gasteiger partial charge is 0.248 e. The van der Waals surface area contributed by atoms with Gasteiger partial charge in [-0.1, -0.05) is 6.07 Å². The molecule has 100 valence electrons. The molecule has 0 bridgehead atoms. The van der Waals surface area contributed by atoms with Crippen LogP contribution in [-0.4, -0.2) is 5.91 Å². The summed E-state index contributed by atoms with van der Waals surface area (Å²) in [6.45, 7) is 0. The fourth-order valence-electron chi connectivity index (χ4n) is 1.64. The van der Waals surface area contributed by atoms with Crippen LogP contribution in [0.15, 0.2) is 36.4 Å². The second kappa shape index (κ2) is 5.36. The van der Waals surface area contributed by atoms with Crippen LogP contribution in [-0.2, 0) is 0 Å². The van der Waals surface area contributed by atoms with Crippen LogP contribution < -0.4 is 11.1 Å². The highest BCUT2D eigenvalue weighted by atomic mass is 19.2. The molecule has 6 heteroatoms. The van der Waals surface area contributed by atoms with Crippen molar-refractivity contribution in [2.45, 2.75) is 0 Å². The summed E-state index contributed by atoms with van der Waals surface area (Å²) in [5.41, 5.74) is 5.24. The minimum absolute atomic E-state index is 0.136. The molecule has 2 aromatic rings. The standard InChI is InChI=1S/C14H9F2N3O/c15-12-9(7-17)4-5-11(13(12)16)19-10-3-1-2-8(6-10)14(18)20/h1-6,19H,(H2,18,20). The molecule has 0 aliphatic heterocycles. The SMILES string of the molecule is N#Cc1ccc(Nc2cccc(C(N)=O)c2)c(F)c1F. The number of nitrogens with zero attached hydrogens (tertiary/aromatic N) is 1. The molecule has 1 amide bonds. The van der Waals surface area contributed by atoms with E-state index < -0.39 is 17.5 Å². The average molecular weight is 273 g/mol. The van der Waals surface area contributed by atoms with Crippen LogP contribution >= 0.6 is 0 Å². The van der Waals surface area contributed by atoms with E-state index in [0.29, 0.717) is 5.69 Å². The Hall–Kier alpha value is -2.94. The monoisotopic (exact) mass is 273 g/mol. The van der Waals surface area contributed by atoms with Gasteiger partial charge in [-0.3, -0.25) is 4.79 Å². The molecule has 0 radical (unpaired) electrons. The first-order valence-electron chi connectivity index (χ1n) is 5.58. The van der Waals surface area contributed by atoms with E-state index in [2.05, 4.69) is 5.32 Å². The van der Waals surface area contributed by atoms with Gasteiger partial charge in [0, 0.05) is 11.3 Å². The second-order valence-electron chi connectivity index (χ2n) is 3.97. The van der Waals surface area contributed by atoms with Crippen molar-refractivity contribution < 1.29 is 13.6 Å². The van der Waals surface area contributed by atoms with Crippen LogP contribution in [0, 0.1) is 23.0 Å². The van der Waals surface area contributed by atoms with Crippen LogP contribution in [0.4, 0.5) is 20.2 Å². The molecule has 0 heterocycles. The lowest BCUT2D eigenvalue weighted by atomic mass is 10.1. The molecule has 0 saturated carbocycles. The lowest BCUT2D eigenvalue weighted by Gasteiger charge is -2.09. The number of benzene rings is 2. The second-order valence-corrected chi connectivity index (χ2v) is 3.97. The summed E-state index contributed by atoms with van der Waals surface area (Å²) in [6.07, 6.45) is 0. The van der Waals surface area contributed by atoms with Crippen LogP contribution in [0.25, 0.3) is 0 Å². The molecule has 0 spiro atoms. The fraction of sp³-hybridized carbons (Fsp3) is 0. The zero-order valence-electron chi connectivity index (χ0n) is 10.2. The number of primary amides is 1. The maximum Gasteiger partial charge on any atom is 0.248 e. The predicted molar refractivity (Wildman–Crippen MR) is 69.3 cm³/mol. The molecule has 0 atom stereocenters. The maximum absolute atomic E-state index is 13.7. The first-order valence-corrected chi connectivity index (χ1v) is 5.58. The van der Waals surface area contributed by atoms with E-state index in [1.54, 1.807) is 18.2 Å². The molecular weight excluding hydrogens is 264 g/mol. The van der Waals surface area contributed by atoms with Gasteiger partial charge in [-0.25, -0.2) is 8.78 Å². The Balaban J connectivity index is 2.36. The number of hydrogen-bond acceptors (Lipinski definition) is 3. The summed E-state index contributed by atoms with van der Waals surface area (Å²) in [5.74, 6) is -3.00. The zero-order valence-corrected chi connectivity index (χ0v) is 10.2. The number of hydrogen-bond donors (Lipinski definition) is 2. The van der Waals surface area contributed by atoms with Gasteiger partial charge in [0.1, 0.15) is 6.07 Å². The third kappa shape index (κ3) is 2.57. The Morgan fingerprint density at radius 2 is 1.95 bits per heavy atom. The summed E-state index contributed by atoms with van der Waals surface area (Å²) in [7, 11) is 0. The van der Waals surface area contributed by atoms with E-state index in [-0.39, 0.29) is 16.8 Å². The fourth-order valence-corrected chi connectivity index (χ4v) is 1.64. The zero-order chi connectivity index (χ0) is 14.7. The first-order chi connectivity index (χ1) is 9.52. The van der Waals surface area contributed by atoms with Crippen molar-refractivity contribution in [2.24, 2.45) is 5.73 Å². The molecular formula is C14H9F2N3O. The number of nitrogens with two attached hydrogens (primary N) is 1. The normalized spacial score (nSPS) is 9.85. The highest BCUT2D eigenvalue weighted by molar-refractivity contribution is 5.93. The van der Waals surface area contributed by atoms with Gasteiger partial charge >= 0.3 is 0 Å². The maximum atomic E-state index is 13.7. The van der Waals surface area contributed by atoms with Crippen molar-refractivity contribution in [2.75, 3.05) is 5.32 Å². The lowest BCUT2D eigenvalue weighted by molar-refractivity contribution is 0.100. The Kier molecular flexibility index (Phi) is 3.62. The Labute approximate surface area is 113 Å². The molecule has 2 rings (SSSR count).